The van der Waals surface area contributed by atoms with E-state index < -0.39 is 0 Å². The molecule has 0 spiro atoms. The van der Waals surface area contributed by atoms with Crippen molar-refractivity contribution in [1.29, 1.82) is 0 Å². The lowest BCUT2D eigenvalue weighted by Crippen LogP contribution is -2.42. The largest absolute Gasteiger partial charge is 0.385 e. The van der Waals surface area contributed by atoms with Gasteiger partial charge in [0.2, 0.25) is 5.96 Å². The highest BCUT2D eigenvalue weighted by Crippen LogP contribution is 2.16. The molecule has 0 amide bonds. The molecule has 0 aromatic carbocycles. The van der Waals surface area contributed by atoms with Gasteiger partial charge < -0.3 is 10.1 Å². The van der Waals surface area contributed by atoms with Crippen LogP contribution in [0.15, 0.2) is 10.4 Å². The molecule has 4 N–H and O–H groups in total. The van der Waals surface area contributed by atoms with Gasteiger partial charge in [0.1, 0.15) is 5.01 Å². The first-order valence-electron chi connectivity index (χ1n) is 5.86. The number of ether oxygens (including phenoxy) is 1. The Balaban J connectivity index is 2.46. The van der Waals surface area contributed by atoms with Gasteiger partial charge in [-0.25, -0.2) is 10.8 Å². The van der Waals surface area contributed by atoms with Crippen molar-refractivity contribution in [3.8, 4) is 0 Å². The highest BCUT2D eigenvalue weighted by atomic mass is 32.1. The summed E-state index contributed by atoms with van der Waals surface area (Å²) in [5.41, 5.74) is 3.59. The van der Waals surface area contributed by atoms with Gasteiger partial charge in [-0.1, -0.05) is 0 Å². The second-order valence-corrected chi connectivity index (χ2v) is 4.80. The number of hydrazine groups is 1. The van der Waals surface area contributed by atoms with Gasteiger partial charge in [-0.15, -0.1) is 11.3 Å². The first kappa shape index (κ1) is 14.9. The van der Waals surface area contributed by atoms with Crippen molar-refractivity contribution in [2.24, 2.45) is 10.8 Å². The van der Waals surface area contributed by atoms with Gasteiger partial charge in [0, 0.05) is 31.3 Å². The highest BCUT2D eigenvalue weighted by molar-refractivity contribution is 7.09. The van der Waals surface area contributed by atoms with E-state index in [0.717, 1.165) is 17.1 Å². The van der Waals surface area contributed by atoms with Crippen molar-refractivity contribution in [3.05, 3.63) is 16.1 Å². The predicted molar refractivity (Wildman–Crippen MR) is 74.5 cm³/mol. The van der Waals surface area contributed by atoms with Crippen LogP contribution in [-0.2, 0) is 4.74 Å². The molecule has 1 atom stereocenters. The van der Waals surface area contributed by atoms with Gasteiger partial charge in [0.15, 0.2) is 0 Å². The average molecular weight is 271 g/mol. The van der Waals surface area contributed by atoms with Gasteiger partial charge in [0.05, 0.1) is 6.04 Å². The summed E-state index contributed by atoms with van der Waals surface area (Å²) in [5.74, 6) is 6.00. The standard InChI is InChI=1S/C11H21N5OS/c1-8-7-18-10(14-8)9(2)15-11(16-12)13-5-4-6-17-3/h7,9H,4-6,12H2,1-3H3,(H2,13,15,16). The Hall–Kier alpha value is -1.18. The van der Waals surface area contributed by atoms with E-state index in [2.05, 4.69) is 20.7 Å². The third-order valence-electron chi connectivity index (χ3n) is 2.27. The predicted octanol–water partition coefficient (Wildman–Crippen LogP) is 0.958. The monoisotopic (exact) mass is 271 g/mol. The van der Waals surface area contributed by atoms with E-state index in [1.165, 1.54) is 0 Å². The van der Waals surface area contributed by atoms with Crippen LogP contribution in [0.3, 0.4) is 0 Å². The van der Waals surface area contributed by atoms with Crippen LogP contribution in [0.2, 0.25) is 0 Å². The molecule has 0 radical (unpaired) electrons. The maximum atomic E-state index is 5.43. The number of hydrogen-bond donors (Lipinski definition) is 3. The maximum absolute atomic E-state index is 5.43. The fourth-order valence-corrected chi connectivity index (χ4v) is 2.17. The molecule has 102 valence electrons. The zero-order valence-corrected chi connectivity index (χ0v) is 11.9. The van der Waals surface area contributed by atoms with Gasteiger partial charge >= 0.3 is 0 Å². The molecule has 0 bridgehead atoms. The molecule has 1 heterocycles. The van der Waals surface area contributed by atoms with Crippen LogP contribution in [-0.4, -0.2) is 31.2 Å². The van der Waals surface area contributed by atoms with Gasteiger partial charge in [-0.05, 0) is 20.3 Å². The Morgan fingerprint density at radius 1 is 1.67 bits per heavy atom. The number of nitrogens with two attached hydrogens (primary N) is 1. The molecule has 0 saturated carbocycles. The normalized spacial score (nSPS) is 13.4. The first-order chi connectivity index (χ1) is 8.67. The second kappa shape index (κ2) is 8.02. The molecule has 1 aromatic rings. The van der Waals surface area contributed by atoms with Crippen molar-refractivity contribution in [2.45, 2.75) is 26.3 Å². The summed E-state index contributed by atoms with van der Waals surface area (Å²) in [4.78, 5) is 8.74. The number of methoxy groups -OCH3 is 1. The zero-order chi connectivity index (χ0) is 13.4. The third-order valence-corrected chi connectivity index (χ3v) is 3.42. The lowest BCUT2D eigenvalue weighted by molar-refractivity contribution is 0.197. The fraction of sp³-hybridized carbons (Fsp3) is 0.636. The van der Waals surface area contributed by atoms with Gasteiger partial charge in [-0.3, -0.25) is 10.4 Å². The fourth-order valence-electron chi connectivity index (χ4n) is 1.37. The summed E-state index contributed by atoms with van der Waals surface area (Å²) in [7, 11) is 1.68. The first-order valence-corrected chi connectivity index (χ1v) is 6.74. The van der Waals surface area contributed by atoms with E-state index in [-0.39, 0.29) is 6.04 Å². The van der Waals surface area contributed by atoms with E-state index >= 15 is 0 Å². The molecular formula is C11H21N5OS. The number of aromatic nitrogens is 1. The van der Waals surface area contributed by atoms with E-state index in [1.807, 2.05) is 19.2 Å². The van der Waals surface area contributed by atoms with Crippen molar-refractivity contribution < 1.29 is 4.74 Å². The summed E-state index contributed by atoms with van der Waals surface area (Å²) in [6, 6.07) is 0.0842. The Morgan fingerprint density at radius 3 is 3.00 bits per heavy atom. The quantitative estimate of drug-likeness (QED) is 0.236. The number of aryl methyl sites for hydroxylation is 1. The van der Waals surface area contributed by atoms with Crippen LogP contribution in [0.25, 0.3) is 0 Å². The summed E-state index contributed by atoms with van der Waals surface area (Å²) < 4.78 is 4.96. The summed E-state index contributed by atoms with van der Waals surface area (Å²) >= 11 is 1.62. The number of guanidine groups is 1. The Morgan fingerprint density at radius 2 is 2.44 bits per heavy atom. The third kappa shape index (κ3) is 4.99. The summed E-state index contributed by atoms with van der Waals surface area (Å²) in [6.45, 7) is 5.38. The molecule has 1 unspecified atom stereocenters. The number of rotatable bonds is 6. The SMILES string of the molecule is COCCCN=C(NN)NC(C)c1nc(C)cs1. The van der Waals surface area contributed by atoms with Crippen LogP contribution in [0, 0.1) is 6.92 Å². The second-order valence-electron chi connectivity index (χ2n) is 3.91. The van der Waals surface area contributed by atoms with Crippen molar-refractivity contribution >= 4 is 17.3 Å². The number of nitrogens with zero attached hydrogens (tertiary/aromatic N) is 2. The van der Waals surface area contributed by atoms with Crippen LogP contribution in [0.5, 0.6) is 0 Å². The van der Waals surface area contributed by atoms with E-state index in [4.69, 9.17) is 10.6 Å². The van der Waals surface area contributed by atoms with E-state index in [1.54, 1.807) is 18.4 Å². The molecule has 0 saturated heterocycles. The molecule has 18 heavy (non-hydrogen) atoms. The highest BCUT2D eigenvalue weighted by Gasteiger charge is 2.10. The van der Waals surface area contributed by atoms with Crippen LogP contribution < -0.4 is 16.6 Å². The molecule has 6 nitrogen and oxygen atoms in total. The zero-order valence-electron chi connectivity index (χ0n) is 11.1. The molecule has 0 fully saturated rings. The van der Waals surface area contributed by atoms with Crippen molar-refractivity contribution in [2.75, 3.05) is 20.3 Å². The molecule has 0 aliphatic rings. The molecule has 0 aliphatic carbocycles. The lowest BCUT2D eigenvalue weighted by atomic mass is 10.3. The minimum atomic E-state index is 0.0842. The molecule has 0 aliphatic heterocycles. The summed E-state index contributed by atoms with van der Waals surface area (Å²) in [5, 5.41) is 6.24. The smallest absolute Gasteiger partial charge is 0.206 e. The lowest BCUT2D eigenvalue weighted by Gasteiger charge is -2.14. The molecular weight excluding hydrogens is 250 g/mol. The average Bonchev–Trinajstić information content (AvgIpc) is 2.79. The van der Waals surface area contributed by atoms with Crippen molar-refractivity contribution in [1.82, 2.24) is 15.7 Å². The molecule has 1 aromatic heterocycles. The number of thiazole rings is 1. The summed E-state index contributed by atoms with van der Waals surface area (Å²) in [6.07, 6.45) is 0.869. The topological polar surface area (TPSA) is 84.6 Å². The number of nitrogens with one attached hydrogen (secondary N) is 2. The maximum Gasteiger partial charge on any atom is 0.206 e. The Bertz CT molecular complexity index is 379. The van der Waals surface area contributed by atoms with Gasteiger partial charge in [-0.2, -0.15) is 0 Å². The number of hydrogen-bond acceptors (Lipinski definition) is 5. The van der Waals surface area contributed by atoms with E-state index in [0.29, 0.717) is 19.1 Å². The molecule has 1 rings (SSSR count). The van der Waals surface area contributed by atoms with Crippen LogP contribution in [0.4, 0.5) is 0 Å². The number of aliphatic imine (C=N–C) groups is 1. The van der Waals surface area contributed by atoms with E-state index in [9.17, 15) is 0 Å². The Kier molecular flexibility index (Phi) is 6.63. The van der Waals surface area contributed by atoms with Gasteiger partial charge in [0.25, 0.3) is 0 Å². The Labute approximate surface area is 112 Å². The minimum Gasteiger partial charge on any atom is -0.385 e. The van der Waals surface area contributed by atoms with Crippen molar-refractivity contribution in [3.63, 3.8) is 0 Å². The van der Waals surface area contributed by atoms with Crippen LogP contribution >= 0.6 is 11.3 Å². The minimum absolute atomic E-state index is 0.0842. The van der Waals surface area contributed by atoms with Crippen LogP contribution in [0.1, 0.15) is 30.1 Å². The molecule has 7 heteroatoms.